The Hall–Kier alpha value is -2.61. The van der Waals surface area contributed by atoms with Crippen LogP contribution in [-0.2, 0) is 0 Å². The first kappa shape index (κ1) is 15.3. The molecule has 0 fully saturated rings. The van der Waals surface area contributed by atoms with Crippen LogP contribution in [0.15, 0.2) is 71.7 Å². The third kappa shape index (κ3) is 3.42. The third-order valence-corrected chi connectivity index (χ3v) is 4.14. The van der Waals surface area contributed by atoms with E-state index in [2.05, 4.69) is 90.5 Å². The molecule has 0 radical (unpaired) electrons. The second-order valence-electron chi connectivity index (χ2n) is 5.52. The molecule has 0 spiro atoms. The summed E-state index contributed by atoms with van der Waals surface area (Å²) < 4.78 is 0. The van der Waals surface area contributed by atoms with Gasteiger partial charge in [-0.25, -0.2) is 0 Å². The van der Waals surface area contributed by atoms with Gasteiger partial charge in [0.25, 0.3) is 0 Å². The maximum Gasteiger partial charge on any atom is 0.0708 e. The van der Waals surface area contributed by atoms with E-state index in [9.17, 15) is 0 Å². The molecule has 0 aliphatic rings. The van der Waals surface area contributed by atoms with Crippen molar-refractivity contribution >= 4 is 28.4 Å². The summed E-state index contributed by atoms with van der Waals surface area (Å²) >= 11 is 0. The van der Waals surface area contributed by atoms with E-state index >= 15 is 0 Å². The molecular formula is C21H22N2. The predicted octanol–water partition coefficient (Wildman–Crippen LogP) is 5.44. The average Bonchev–Trinajstić information content (AvgIpc) is 2.62. The molecule has 0 saturated heterocycles. The fourth-order valence-corrected chi connectivity index (χ4v) is 2.82. The molecule has 23 heavy (non-hydrogen) atoms. The Labute approximate surface area is 138 Å². The second-order valence-corrected chi connectivity index (χ2v) is 5.52. The van der Waals surface area contributed by atoms with Gasteiger partial charge < -0.3 is 4.90 Å². The molecule has 0 saturated carbocycles. The SMILES string of the molecule is CCN(CC)c1ccc(C=Nc2cccc3ccccc23)cc1. The minimum Gasteiger partial charge on any atom is -0.372 e. The standard InChI is InChI=1S/C21H22N2/c1-3-23(4-2)19-14-12-17(13-15-19)16-22-21-11-7-9-18-8-5-6-10-20(18)21/h5-16H,3-4H2,1-2H3. The van der Waals surface area contributed by atoms with Crippen LogP contribution in [0, 0.1) is 0 Å². The number of aliphatic imine (C=N–C) groups is 1. The molecule has 0 aliphatic heterocycles. The summed E-state index contributed by atoms with van der Waals surface area (Å²) in [7, 11) is 0. The molecule has 0 amide bonds. The Bertz CT molecular complexity index is 794. The fraction of sp³-hybridized carbons (Fsp3) is 0.190. The summed E-state index contributed by atoms with van der Waals surface area (Å²) in [6.07, 6.45) is 1.94. The molecule has 116 valence electrons. The van der Waals surface area contributed by atoms with E-state index in [1.807, 2.05) is 6.21 Å². The predicted molar refractivity (Wildman–Crippen MR) is 101 cm³/mol. The number of benzene rings is 3. The van der Waals surface area contributed by atoms with Crippen LogP contribution in [0.25, 0.3) is 10.8 Å². The first-order chi connectivity index (χ1) is 11.3. The van der Waals surface area contributed by atoms with Crippen molar-refractivity contribution in [1.29, 1.82) is 0 Å². The molecule has 2 nitrogen and oxygen atoms in total. The van der Waals surface area contributed by atoms with E-state index in [4.69, 9.17) is 0 Å². The zero-order valence-electron chi connectivity index (χ0n) is 13.7. The average molecular weight is 302 g/mol. The summed E-state index contributed by atoms with van der Waals surface area (Å²) in [6.45, 7) is 6.42. The smallest absolute Gasteiger partial charge is 0.0708 e. The molecule has 0 N–H and O–H groups in total. The topological polar surface area (TPSA) is 15.6 Å². The molecule has 3 aromatic carbocycles. The Morgan fingerprint density at radius 2 is 1.52 bits per heavy atom. The van der Waals surface area contributed by atoms with Gasteiger partial charge in [0.1, 0.15) is 0 Å². The van der Waals surface area contributed by atoms with E-state index in [0.717, 1.165) is 24.3 Å². The maximum atomic E-state index is 4.68. The van der Waals surface area contributed by atoms with Crippen molar-refractivity contribution < 1.29 is 0 Å². The largest absolute Gasteiger partial charge is 0.372 e. The van der Waals surface area contributed by atoms with Crippen LogP contribution < -0.4 is 4.90 Å². The number of fused-ring (bicyclic) bond motifs is 1. The zero-order chi connectivity index (χ0) is 16.1. The van der Waals surface area contributed by atoms with Gasteiger partial charge >= 0.3 is 0 Å². The monoisotopic (exact) mass is 302 g/mol. The lowest BCUT2D eigenvalue weighted by atomic mass is 10.1. The molecule has 3 aromatic rings. The molecular weight excluding hydrogens is 280 g/mol. The zero-order valence-corrected chi connectivity index (χ0v) is 13.7. The van der Waals surface area contributed by atoms with Gasteiger partial charge in [-0.2, -0.15) is 0 Å². The van der Waals surface area contributed by atoms with Crippen molar-refractivity contribution in [2.75, 3.05) is 18.0 Å². The molecule has 0 aromatic heterocycles. The number of hydrogen-bond acceptors (Lipinski definition) is 2. The van der Waals surface area contributed by atoms with Crippen LogP contribution in [0.2, 0.25) is 0 Å². The molecule has 0 unspecified atom stereocenters. The summed E-state index contributed by atoms with van der Waals surface area (Å²) in [4.78, 5) is 7.02. The van der Waals surface area contributed by atoms with Gasteiger partial charge in [-0.3, -0.25) is 4.99 Å². The Balaban J connectivity index is 1.85. The lowest BCUT2D eigenvalue weighted by molar-refractivity contribution is 0.866. The van der Waals surface area contributed by atoms with Gasteiger partial charge in [0.05, 0.1) is 5.69 Å². The van der Waals surface area contributed by atoms with Gasteiger partial charge in [-0.1, -0.05) is 48.5 Å². The van der Waals surface area contributed by atoms with Crippen LogP contribution >= 0.6 is 0 Å². The van der Waals surface area contributed by atoms with Crippen LogP contribution in [-0.4, -0.2) is 19.3 Å². The number of hydrogen-bond donors (Lipinski definition) is 0. The highest BCUT2D eigenvalue weighted by atomic mass is 15.1. The van der Waals surface area contributed by atoms with Crippen molar-refractivity contribution in [3.05, 3.63) is 72.3 Å². The lowest BCUT2D eigenvalue weighted by Gasteiger charge is -2.20. The summed E-state index contributed by atoms with van der Waals surface area (Å²) in [5.74, 6) is 0. The first-order valence-electron chi connectivity index (χ1n) is 8.18. The Morgan fingerprint density at radius 1 is 0.826 bits per heavy atom. The van der Waals surface area contributed by atoms with Gasteiger partial charge in [0.2, 0.25) is 0 Å². The number of anilines is 1. The molecule has 3 rings (SSSR count). The van der Waals surface area contributed by atoms with E-state index in [1.54, 1.807) is 0 Å². The van der Waals surface area contributed by atoms with Crippen molar-refractivity contribution in [1.82, 2.24) is 0 Å². The van der Waals surface area contributed by atoms with Crippen molar-refractivity contribution in [2.24, 2.45) is 4.99 Å². The minimum absolute atomic E-state index is 1.01. The molecule has 0 atom stereocenters. The molecule has 0 aliphatic carbocycles. The van der Waals surface area contributed by atoms with Crippen LogP contribution in [0.4, 0.5) is 11.4 Å². The summed E-state index contributed by atoms with van der Waals surface area (Å²) in [5, 5.41) is 2.41. The quantitative estimate of drug-likeness (QED) is 0.573. The summed E-state index contributed by atoms with van der Waals surface area (Å²) in [6, 6.07) is 23.2. The van der Waals surface area contributed by atoms with E-state index in [0.29, 0.717) is 0 Å². The molecule has 0 heterocycles. The Morgan fingerprint density at radius 3 is 2.26 bits per heavy atom. The fourth-order valence-electron chi connectivity index (χ4n) is 2.82. The van der Waals surface area contributed by atoms with Crippen LogP contribution in [0.1, 0.15) is 19.4 Å². The number of rotatable bonds is 5. The second kappa shape index (κ2) is 7.10. The minimum atomic E-state index is 1.01. The summed E-state index contributed by atoms with van der Waals surface area (Å²) in [5.41, 5.74) is 3.39. The Kier molecular flexibility index (Phi) is 4.72. The van der Waals surface area contributed by atoms with E-state index < -0.39 is 0 Å². The van der Waals surface area contributed by atoms with E-state index in [1.165, 1.54) is 16.5 Å². The highest BCUT2D eigenvalue weighted by Crippen LogP contribution is 2.25. The normalized spacial score (nSPS) is 11.2. The van der Waals surface area contributed by atoms with Gasteiger partial charge in [0.15, 0.2) is 0 Å². The molecule has 2 heteroatoms. The van der Waals surface area contributed by atoms with Crippen molar-refractivity contribution in [3.8, 4) is 0 Å². The third-order valence-electron chi connectivity index (χ3n) is 4.14. The molecule has 0 bridgehead atoms. The van der Waals surface area contributed by atoms with Gasteiger partial charge in [-0.15, -0.1) is 0 Å². The first-order valence-corrected chi connectivity index (χ1v) is 8.18. The van der Waals surface area contributed by atoms with Gasteiger partial charge in [-0.05, 0) is 43.0 Å². The van der Waals surface area contributed by atoms with Crippen molar-refractivity contribution in [2.45, 2.75) is 13.8 Å². The van der Waals surface area contributed by atoms with Crippen molar-refractivity contribution in [3.63, 3.8) is 0 Å². The highest BCUT2D eigenvalue weighted by Gasteiger charge is 2.01. The maximum absolute atomic E-state index is 4.68. The van der Waals surface area contributed by atoms with Crippen LogP contribution in [0.5, 0.6) is 0 Å². The van der Waals surface area contributed by atoms with Gasteiger partial charge in [0, 0.05) is 30.4 Å². The number of nitrogens with zero attached hydrogens (tertiary/aromatic N) is 2. The lowest BCUT2D eigenvalue weighted by Crippen LogP contribution is -2.21. The highest BCUT2D eigenvalue weighted by molar-refractivity contribution is 5.95. The van der Waals surface area contributed by atoms with Crippen LogP contribution in [0.3, 0.4) is 0 Å². The van der Waals surface area contributed by atoms with E-state index in [-0.39, 0.29) is 0 Å².